The van der Waals surface area contributed by atoms with Gasteiger partial charge in [0.15, 0.2) is 0 Å². The van der Waals surface area contributed by atoms with Gasteiger partial charge in [-0.15, -0.1) is 0 Å². The molecule has 0 atom stereocenters. The highest BCUT2D eigenvalue weighted by Crippen LogP contribution is 2.21. The fourth-order valence-electron chi connectivity index (χ4n) is 2.06. The molecule has 0 fully saturated rings. The van der Waals surface area contributed by atoms with Crippen molar-refractivity contribution in [3.05, 3.63) is 64.1 Å². The van der Waals surface area contributed by atoms with E-state index >= 15 is 0 Å². The summed E-state index contributed by atoms with van der Waals surface area (Å²) in [4.78, 5) is 13.7. The van der Waals surface area contributed by atoms with E-state index in [2.05, 4.69) is 5.32 Å². The van der Waals surface area contributed by atoms with E-state index in [-0.39, 0.29) is 12.5 Å². The van der Waals surface area contributed by atoms with Gasteiger partial charge in [0.2, 0.25) is 5.91 Å². The number of benzene rings is 2. The van der Waals surface area contributed by atoms with Crippen molar-refractivity contribution in [2.75, 3.05) is 25.0 Å². The third-order valence-corrected chi connectivity index (χ3v) is 3.97. The molecule has 0 unspecified atom stereocenters. The van der Waals surface area contributed by atoms with Gasteiger partial charge in [0.1, 0.15) is 0 Å². The first-order valence-electron chi connectivity index (χ1n) is 7.04. The predicted octanol–water partition coefficient (Wildman–Crippen LogP) is 3.79. The minimum Gasteiger partial charge on any atom is -0.314 e. The summed E-state index contributed by atoms with van der Waals surface area (Å²) in [5.74, 6) is 0.0217. The number of anilines is 1. The summed E-state index contributed by atoms with van der Waals surface area (Å²) in [5.41, 5.74) is 1.90. The lowest BCUT2D eigenvalue weighted by atomic mass is 10.1. The first-order chi connectivity index (χ1) is 10.6. The fourth-order valence-corrected chi connectivity index (χ4v) is 2.56. The normalized spacial score (nSPS) is 10.5. The number of halogens is 2. The van der Waals surface area contributed by atoms with Crippen molar-refractivity contribution in [1.82, 2.24) is 5.32 Å². The lowest BCUT2D eigenvalue weighted by Crippen LogP contribution is -2.36. The van der Waals surface area contributed by atoms with E-state index in [4.69, 9.17) is 23.2 Å². The van der Waals surface area contributed by atoms with Crippen LogP contribution in [-0.2, 0) is 11.2 Å². The number of carbonyl (C=O) groups is 1. The van der Waals surface area contributed by atoms with Crippen LogP contribution in [0.25, 0.3) is 0 Å². The maximum absolute atomic E-state index is 12.1. The molecule has 0 bridgehead atoms. The highest BCUT2D eigenvalue weighted by Gasteiger charge is 2.09. The topological polar surface area (TPSA) is 32.3 Å². The van der Waals surface area contributed by atoms with Crippen molar-refractivity contribution in [2.24, 2.45) is 0 Å². The Labute approximate surface area is 140 Å². The average molecular weight is 337 g/mol. The number of rotatable bonds is 6. The van der Waals surface area contributed by atoms with Crippen molar-refractivity contribution in [2.45, 2.75) is 6.42 Å². The largest absolute Gasteiger partial charge is 0.314 e. The Hall–Kier alpha value is -1.55. The third-order valence-electron chi connectivity index (χ3n) is 3.38. The van der Waals surface area contributed by atoms with Crippen LogP contribution in [0, 0.1) is 0 Å². The molecule has 1 N–H and O–H groups in total. The van der Waals surface area contributed by atoms with Gasteiger partial charge in [-0.3, -0.25) is 4.79 Å². The minimum atomic E-state index is 0.0217. The molecule has 0 heterocycles. The molecule has 2 aromatic rings. The first-order valence-corrected chi connectivity index (χ1v) is 7.80. The van der Waals surface area contributed by atoms with Gasteiger partial charge >= 0.3 is 0 Å². The van der Waals surface area contributed by atoms with E-state index in [1.807, 2.05) is 42.5 Å². The number of amides is 1. The van der Waals surface area contributed by atoms with Crippen LogP contribution in [0.2, 0.25) is 10.0 Å². The summed E-state index contributed by atoms with van der Waals surface area (Å²) in [5, 5.41) is 4.42. The molecule has 116 valence electrons. The summed E-state index contributed by atoms with van der Waals surface area (Å²) < 4.78 is 0. The molecule has 1 amide bonds. The molecular weight excluding hydrogens is 319 g/mol. The Bertz CT molecular complexity index is 632. The van der Waals surface area contributed by atoms with Gasteiger partial charge in [-0.2, -0.15) is 0 Å². The Kier molecular flexibility index (Phi) is 6.25. The van der Waals surface area contributed by atoms with Crippen LogP contribution in [0.5, 0.6) is 0 Å². The Morgan fingerprint density at radius 1 is 1.14 bits per heavy atom. The molecular formula is C17H18Cl2N2O. The van der Waals surface area contributed by atoms with Gasteiger partial charge in [0, 0.05) is 22.8 Å². The second-order valence-electron chi connectivity index (χ2n) is 4.95. The van der Waals surface area contributed by atoms with Crippen LogP contribution in [-0.4, -0.2) is 26.0 Å². The van der Waals surface area contributed by atoms with Crippen LogP contribution in [0.4, 0.5) is 5.69 Å². The molecule has 2 rings (SSSR count). The second-order valence-corrected chi connectivity index (χ2v) is 5.79. The molecule has 0 aromatic heterocycles. The maximum atomic E-state index is 12.1. The summed E-state index contributed by atoms with van der Waals surface area (Å²) >= 11 is 12.0. The van der Waals surface area contributed by atoms with Crippen molar-refractivity contribution >= 4 is 34.8 Å². The fraction of sp³-hybridized carbons (Fsp3) is 0.235. The number of para-hydroxylation sites is 1. The monoisotopic (exact) mass is 336 g/mol. The third kappa shape index (κ3) is 4.73. The quantitative estimate of drug-likeness (QED) is 0.814. The van der Waals surface area contributed by atoms with Crippen LogP contribution in [0.3, 0.4) is 0 Å². The average Bonchev–Trinajstić information content (AvgIpc) is 2.53. The Morgan fingerprint density at radius 2 is 1.86 bits per heavy atom. The van der Waals surface area contributed by atoms with Crippen LogP contribution >= 0.6 is 23.2 Å². The minimum absolute atomic E-state index is 0.0217. The second kappa shape index (κ2) is 8.18. The van der Waals surface area contributed by atoms with Crippen LogP contribution < -0.4 is 10.2 Å². The molecule has 0 radical (unpaired) electrons. The molecule has 5 heteroatoms. The maximum Gasteiger partial charge on any atom is 0.240 e. The molecule has 0 aliphatic carbocycles. The highest BCUT2D eigenvalue weighted by atomic mass is 35.5. The lowest BCUT2D eigenvalue weighted by molar-refractivity contribution is -0.117. The number of likely N-dealkylation sites (N-methyl/N-ethyl adjacent to an activating group) is 1. The molecule has 0 aliphatic heterocycles. The Balaban J connectivity index is 1.77. The first kappa shape index (κ1) is 16.8. The zero-order chi connectivity index (χ0) is 15.9. The standard InChI is InChI=1S/C17H18Cl2N2O/c1-21(15-5-3-2-4-6-15)17(22)12-20-10-9-13-7-8-14(18)11-16(13)19/h2-8,11,20H,9-10,12H2,1H3. The molecule has 0 aliphatic rings. The molecule has 0 saturated heterocycles. The number of nitrogens with one attached hydrogen (secondary N) is 1. The lowest BCUT2D eigenvalue weighted by Gasteiger charge is -2.17. The van der Waals surface area contributed by atoms with Gasteiger partial charge in [-0.05, 0) is 42.8 Å². The van der Waals surface area contributed by atoms with Gasteiger partial charge in [0.05, 0.1) is 6.54 Å². The van der Waals surface area contributed by atoms with Crippen LogP contribution in [0.15, 0.2) is 48.5 Å². The molecule has 0 saturated carbocycles. The zero-order valence-electron chi connectivity index (χ0n) is 12.4. The van der Waals surface area contributed by atoms with Crippen molar-refractivity contribution in [1.29, 1.82) is 0 Å². The van der Waals surface area contributed by atoms with Crippen molar-refractivity contribution in [3.8, 4) is 0 Å². The zero-order valence-corrected chi connectivity index (χ0v) is 13.9. The molecule has 22 heavy (non-hydrogen) atoms. The SMILES string of the molecule is CN(C(=O)CNCCc1ccc(Cl)cc1Cl)c1ccccc1. The van der Waals surface area contributed by atoms with Gasteiger partial charge in [-0.25, -0.2) is 0 Å². The Morgan fingerprint density at radius 3 is 2.55 bits per heavy atom. The number of nitrogens with zero attached hydrogens (tertiary/aromatic N) is 1. The van der Waals surface area contributed by atoms with Gasteiger partial charge in [0.25, 0.3) is 0 Å². The molecule has 2 aromatic carbocycles. The van der Waals surface area contributed by atoms with Crippen molar-refractivity contribution in [3.63, 3.8) is 0 Å². The summed E-state index contributed by atoms with van der Waals surface area (Å²) in [6.45, 7) is 0.965. The van der Waals surface area contributed by atoms with E-state index in [0.717, 1.165) is 17.7 Å². The molecule has 0 spiro atoms. The van der Waals surface area contributed by atoms with E-state index in [9.17, 15) is 4.79 Å². The van der Waals surface area contributed by atoms with E-state index in [1.165, 1.54) is 0 Å². The number of carbonyl (C=O) groups excluding carboxylic acids is 1. The van der Waals surface area contributed by atoms with E-state index in [0.29, 0.717) is 16.6 Å². The van der Waals surface area contributed by atoms with Gasteiger partial charge < -0.3 is 10.2 Å². The number of hydrogen-bond acceptors (Lipinski definition) is 2. The van der Waals surface area contributed by atoms with Gasteiger partial charge in [-0.1, -0.05) is 47.5 Å². The predicted molar refractivity (Wildman–Crippen MR) is 92.9 cm³/mol. The van der Waals surface area contributed by atoms with Crippen LogP contribution in [0.1, 0.15) is 5.56 Å². The molecule has 3 nitrogen and oxygen atoms in total. The summed E-state index contributed by atoms with van der Waals surface area (Å²) in [7, 11) is 1.77. The summed E-state index contributed by atoms with van der Waals surface area (Å²) in [6.07, 6.45) is 0.748. The smallest absolute Gasteiger partial charge is 0.240 e. The van der Waals surface area contributed by atoms with E-state index in [1.54, 1.807) is 18.0 Å². The van der Waals surface area contributed by atoms with E-state index < -0.39 is 0 Å². The summed E-state index contributed by atoms with van der Waals surface area (Å²) in [6, 6.07) is 15.0. The highest BCUT2D eigenvalue weighted by molar-refractivity contribution is 6.35. The van der Waals surface area contributed by atoms with Crippen molar-refractivity contribution < 1.29 is 4.79 Å². The number of hydrogen-bond donors (Lipinski definition) is 1.